The Morgan fingerprint density at radius 3 is 2.31 bits per heavy atom. The minimum Gasteiger partial charge on any atom is -0.379 e. The van der Waals surface area contributed by atoms with E-state index in [2.05, 4.69) is 44.0 Å². The molecule has 0 unspecified atom stereocenters. The van der Waals surface area contributed by atoms with Gasteiger partial charge in [-0.1, -0.05) is 36.9 Å². The van der Waals surface area contributed by atoms with Crippen molar-refractivity contribution in [1.29, 1.82) is 5.41 Å². The SMILES string of the molecule is C=Cc1ccccc1C.N=C(N)S. The molecule has 0 spiro atoms. The first-order valence-electron chi connectivity index (χ1n) is 3.79. The van der Waals surface area contributed by atoms with Crippen LogP contribution in [0, 0.1) is 12.3 Å². The zero-order valence-electron chi connectivity index (χ0n) is 7.62. The maximum absolute atomic E-state index is 6.14. The molecule has 0 aliphatic rings. The highest BCUT2D eigenvalue weighted by molar-refractivity contribution is 7.96. The number of aryl methyl sites for hydroxylation is 1. The lowest BCUT2D eigenvalue weighted by Gasteiger charge is -1.95. The van der Waals surface area contributed by atoms with Gasteiger partial charge in [-0.15, -0.1) is 12.6 Å². The first-order valence-corrected chi connectivity index (χ1v) is 4.23. The zero-order valence-corrected chi connectivity index (χ0v) is 8.51. The van der Waals surface area contributed by atoms with Crippen molar-refractivity contribution >= 4 is 23.9 Å². The molecule has 1 aromatic rings. The molecular weight excluding hydrogens is 180 g/mol. The van der Waals surface area contributed by atoms with Crippen molar-refractivity contribution in [3.05, 3.63) is 42.0 Å². The largest absolute Gasteiger partial charge is 0.379 e. The molecule has 3 N–H and O–H groups in total. The normalized spacial score (nSPS) is 8.15. The van der Waals surface area contributed by atoms with Crippen molar-refractivity contribution in [1.82, 2.24) is 0 Å². The first-order chi connectivity index (χ1) is 6.07. The lowest BCUT2D eigenvalue weighted by Crippen LogP contribution is -1.96. The van der Waals surface area contributed by atoms with Crippen LogP contribution in [-0.2, 0) is 0 Å². The van der Waals surface area contributed by atoms with Crippen molar-refractivity contribution in [3.8, 4) is 0 Å². The number of nitrogens with two attached hydrogens (primary N) is 1. The number of benzene rings is 1. The van der Waals surface area contributed by atoms with E-state index >= 15 is 0 Å². The summed E-state index contributed by atoms with van der Waals surface area (Å²) in [4.78, 5) is 0. The van der Waals surface area contributed by atoms with Gasteiger partial charge in [0.2, 0.25) is 0 Å². The average molecular weight is 194 g/mol. The fourth-order valence-corrected chi connectivity index (χ4v) is 0.816. The van der Waals surface area contributed by atoms with E-state index in [1.807, 2.05) is 18.2 Å². The molecule has 0 bridgehead atoms. The quantitative estimate of drug-likeness (QED) is 0.359. The Balaban J connectivity index is 0.000000310. The molecule has 0 aliphatic heterocycles. The van der Waals surface area contributed by atoms with Gasteiger partial charge in [0.05, 0.1) is 0 Å². The van der Waals surface area contributed by atoms with E-state index in [-0.39, 0.29) is 5.17 Å². The molecule has 0 atom stereocenters. The highest BCUT2D eigenvalue weighted by Gasteiger charge is 1.86. The summed E-state index contributed by atoms with van der Waals surface area (Å²) in [6.45, 7) is 5.77. The smallest absolute Gasteiger partial charge is 0.147 e. The molecule has 2 nitrogen and oxygen atoms in total. The lowest BCUT2D eigenvalue weighted by atomic mass is 10.1. The number of amidine groups is 1. The summed E-state index contributed by atoms with van der Waals surface area (Å²) in [6.07, 6.45) is 1.87. The van der Waals surface area contributed by atoms with Gasteiger partial charge in [-0.3, -0.25) is 5.41 Å². The van der Waals surface area contributed by atoms with Crippen LogP contribution in [-0.4, -0.2) is 5.17 Å². The Bertz CT molecular complexity index is 291. The second-order valence-corrected chi connectivity index (χ2v) is 2.93. The van der Waals surface area contributed by atoms with Crippen LogP contribution in [0.1, 0.15) is 11.1 Å². The summed E-state index contributed by atoms with van der Waals surface area (Å²) < 4.78 is 0. The fourth-order valence-electron chi connectivity index (χ4n) is 0.816. The van der Waals surface area contributed by atoms with Gasteiger partial charge >= 0.3 is 0 Å². The molecule has 0 radical (unpaired) electrons. The third-order valence-electron chi connectivity index (χ3n) is 1.41. The predicted molar refractivity (Wildman–Crippen MR) is 62.2 cm³/mol. The van der Waals surface area contributed by atoms with E-state index in [1.54, 1.807) is 0 Å². The molecule has 0 amide bonds. The van der Waals surface area contributed by atoms with E-state index in [9.17, 15) is 0 Å². The number of hydrogen-bond acceptors (Lipinski definition) is 1. The molecular formula is C10H14N2S. The summed E-state index contributed by atoms with van der Waals surface area (Å²) in [5.74, 6) is 0. The fraction of sp³-hybridized carbons (Fsp3) is 0.100. The highest BCUT2D eigenvalue weighted by Crippen LogP contribution is 2.06. The van der Waals surface area contributed by atoms with E-state index in [4.69, 9.17) is 5.41 Å². The molecule has 13 heavy (non-hydrogen) atoms. The van der Waals surface area contributed by atoms with Gasteiger partial charge < -0.3 is 5.73 Å². The minimum atomic E-state index is -0.139. The molecule has 3 heteroatoms. The van der Waals surface area contributed by atoms with Crippen LogP contribution in [0.3, 0.4) is 0 Å². The highest BCUT2D eigenvalue weighted by atomic mass is 32.1. The molecule has 0 aliphatic carbocycles. The molecule has 70 valence electrons. The van der Waals surface area contributed by atoms with E-state index in [0.29, 0.717) is 0 Å². The van der Waals surface area contributed by atoms with Crippen LogP contribution in [0.15, 0.2) is 30.8 Å². The van der Waals surface area contributed by atoms with Crippen LogP contribution >= 0.6 is 12.6 Å². The van der Waals surface area contributed by atoms with Gasteiger partial charge in [0, 0.05) is 0 Å². The minimum absolute atomic E-state index is 0.139. The summed E-state index contributed by atoms with van der Waals surface area (Å²) in [5.41, 5.74) is 7.06. The molecule has 1 rings (SSSR count). The van der Waals surface area contributed by atoms with E-state index in [0.717, 1.165) is 0 Å². The Labute approximate surface area is 84.4 Å². The van der Waals surface area contributed by atoms with E-state index in [1.165, 1.54) is 11.1 Å². The van der Waals surface area contributed by atoms with Crippen LogP contribution in [0.2, 0.25) is 0 Å². The van der Waals surface area contributed by atoms with Gasteiger partial charge in [-0.2, -0.15) is 0 Å². The summed E-state index contributed by atoms with van der Waals surface area (Å²) in [5, 5.41) is 6.00. The second-order valence-electron chi connectivity index (χ2n) is 2.45. The molecule has 0 heterocycles. The summed E-state index contributed by atoms with van der Waals surface area (Å²) in [7, 11) is 0. The molecule has 0 saturated carbocycles. The predicted octanol–water partition coefficient (Wildman–Crippen LogP) is 2.45. The van der Waals surface area contributed by atoms with Crippen molar-refractivity contribution in [2.24, 2.45) is 5.73 Å². The van der Waals surface area contributed by atoms with Gasteiger partial charge in [0.15, 0.2) is 0 Å². The Morgan fingerprint density at radius 1 is 1.54 bits per heavy atom. The Hall–Kier alpha value is -1.22. The Morgan fingerprint density at radius 2 is 2.00 bits per heavy atom. The lowest BCUT2D eigenvalue weighted by molar-refractivity contribution is 1.45. The van der Waals surface area contributed by atoms with Gasteiger partial charge in [0.1, 0.15) is 5.17 Å². The molecule has 1 aromatic carbocycles. The van der Waals surface area contributed by atoms with Gasteiger partial charge in [-0.05, 0) is 18.1 Å². The standard InChI is InChI=1S/C9H10.CH4N2S/c1-3-9-7-5-4-6-8(9)2;2-1(3)4/h3-7H,1H2,2H3;(H4,2,3,4). The second kappa shape index (κ2) is 6.31. The third-order valence-corrected chi connectivity index (χ3v) is 1.41. The molecule has 0 saturated heterocycles. The molecule has 0 fully saturated rings. The monoisotopic (exact) mass is 194 g/mol. The van der Waals surface area contributed by atoms with Crippen LogP contribution in [0.5, 0.6) is 0 Å². The van der Waals surface area contributed by atoms with E-state index < -0.39 is 0 Å². The van der Waals surface area contributed by atoms with Crippen LogP contribution in [0.4, 0.5) is 0 Å². The average Bonchev–Trinajstić information content (AvgIpc) is 2.04. The van der Waals surface area contributed by atoms with Crippen molar-refractivity contribution in [2.45, 2.75) is 6.92 Å². The maximum Gasteiger partial charge on any atom is 0.147 e. The summed E-state index contributed by atoms with van der Waals surface area (Å²) in [6, 6.07) is 8.19. The number of rotatable bonds is 1. The maximum atomic E-state index is 6.14. The van der Waals surface area contributed by atoms with Crippen LogP contribution in [0.25, 0.3) is 6.08 Å². The van der Waals surface area contributed by atoms with Crippen molar-refractivity contribution in [2.75, 3.05) is 0 Å². The molecule has 0 aromatic heterocycles. The Kier molecular flexibility index (Phi) is 5.72. The van der Waals surface area contributed by atoms with Crippen molar-refractivity contribution in [3.63, 3.8) is 0 Å². The number of hydrogen-bond donors (Lipinski definition) is 3. The van der Waals surface area contributed by atoms with Crippen molar-refractivity contribution < 1.29 is 0 Å². The van der Waals surface area contributed by atoms with Gasteiger partial charge in [0.25, 0.3) is 0 Å². The number of thiol groups is 1. The van der Waals surface area contributed by atoms with Crippen LogP contribution < -0.4 is 5.73 Å². The van der Waals surface area contributed by atoms with Gasteiger partial charge in [-0.25, -0.2) is 0 Å². The first kappa shape index (κ1) is 11.8. The third kappa shape index (κ3) is 5.99. The topological polar surface area (TPSA) is 49.9 Å². The summed E-state index contributed by atoms with van der Waals surface area (Å²) >= 11 is 3.33. The zero-order chi connectivity index (χ0) is 10.3. The number of nitrogens with one attached hydrogen (secondary N) is 1.